The maximum absolute atomic E-state index is 6.68. The molecule has 0 atom stereocenters. The zero-order valence-electron chi connectivity index (χ0n) is 32.4. The van der Waals surface area contributed by atoms with Crippen LogP contribution in [0.15, 0.2) is 176 Å². The second kappa shape index (κ2) is 12.7. The number of aromatic nitrogens is 3. The van der Waals surface area contributed by atoms with Crippen molar-refractivity contribution >= 4 is 32.3 Å². The lowest BCUT2D eigenvalue weighted by Crippen LogP contribution is -2.15. The van der Waals surface area contributed by atoms with Gasteiger partial charge in [0.15, 0.2) is 40.5 Å². The SMILES string of the molecule is CC1(C)c2ccccc2-c2c1ccc1c2Oc2ccc(-c3cccc(-c4nc(-c5ccccc5)nc(-c5ccc6c7ccccc7c7ccccc7c6c5)n4)c3)cc2O1. The van der Waals surface area contributed by atoms with Gasteiger partial charge in [-0.15, -0.1) is 0 Å². The van der Waals surface area contributed by atoms with E-state index < -0.39 is 0 Å². The quantitative estimate of drug-likeness (QED) is 0.167. The van der Waals surface area contributed by atoms with Gasteiger partial charge in [-0.2, -0.15) is 0 Å². The summed E-state index contributed by atoms with van der Waals surface area (Å²) < 4.78 is 13.3. The number of fused-ring (bicyclic) bond motifs is 12. The highest BCUT2D eigenvalue weighted by molar-refractivity contribution is 6.25. The number of nitrogens with zero attached hydrogens (tertiary/aromatic N) is 3. The van der Waals surface area contributed by atoms with Crippen LogP contribution in [0, 0.1) is 0 Å². The number of hydrogen-bond donors (Lipinski definition) is 0. The van der Waals surface area contributed by atoms with E-state index >= 15 is 0 Å². The van der Waals surface area contributed by atoms with Gasteiger partial charge in [0.05, 0.1) is 0 Å². The molecular formula is C54H35N3O2. The lowest BCUT2D eigenvalue weighted by molar-refractivity contribution is 0.360. The minimum absolute atomic E-state index is 0.125. The van der Waals surface area contributed by atoms with E-state index in [0.29, 0.717) is 29.0 Å². The summed E-state index contributed by atoms with van der Waals surface area (Å²) >= 11 is 0. The van der Waals surface area contributed by atoms with Gasteiger partial charge in [0, 0.05) is 27.7 Å². The molecular weight excluding hydrogens is 723 g/mol. The Bertz CT molecular complexity index is 3340. The summed E-state index contributed by atoms with van der Waals surface area (Å²) in [6.45, 7) is 4.55. The molecule has 0 amide bonds. The van der Waals surface area contributed by atoms with Crippen molar-refractivity contribution in [1.82, 2.24) is 15.0 Å². The molecule has 10 aromatic rings. The van der Waals surface area contributed by atoms with E-state index in [1.807, 2.05) is 42.5 Å². The van der Waals surface area contributed by atoms with Crippen molar-refractivity contribution in [3.8, 4) is 79.4 Å². The van der Waals surface area contributed by atoms with Gasteiger partial charge in [0.25, 0.3) is 0 Å². The fraction of sp³-hybridized carbons (Fsp3) is 0.0556. The second-order valence-corrected chi connectivity index (χ2v) is 16.0. The zero-order chi connectivity index (χ0) is 39.2. The molecule has 0 spiro atoms. The van der Waals surface area contributed by atoms with E-state index in [2.05, 4.69) is 147 Å². The standard InChI is InChI=1S/C54H35N3O2/c1-54(2)44-22-11-10-21-42(44)49-45(54)26-28-47-50(49)59-46-27-24-34(31-48(46)58-47)33-15-12-16-35(29-33)52-55-51(32-13-4-3-5-14-32)56-53(57-52)36-23-25-41-39-19-7-6-17-37(39)38-18-8-9-20-40(38)43(41)30-36/h3-31H,1-2H3. The lowest BCUT2D eigenvalue weighted by atomic mass is 9.82. The Labute approximate surface area is 341 Å². The molecule has 0 unspecified atom stereocenters. The molecule has 0 saturated carbocycles. The van der Waals surface area contributed by atoms with Crippen molar-refractivity contribution in [3.63, 3.8) is 0 Å². The monoisotopic (exact) mass is 757 g/mol. The molecule has 0 N–H and O–H groups in total. The first kappa shape index (κ1) is 33.5. The predicted molar refractivity (Wildman–Crippen MR) is 238 cm³/mol. The molecule has 0 radical (unpaired) electrons. The molecule has 1 aliphatic carbocycles. The molecule has 1 aromatic heterocycles. The Morgan fingerprint density at radius 2 is 0.898 bits per heavy atom. The highest BCUT2D eigenvalue weighted by Gasteiger charge is 2.39. The Balaban J connectivity index is 0.943. The van der Waals surface area contributed by atoms with Crippen molar-refractivity contribution in [1.29, 1.82) is 0 Å². The Hall–Kier alpha value is -7.63. The molecule has 5 heteroatoms. The van der Waals surface area contributed by atoms with Gasteiger partial charge < -0.3 is 9.47 Å². The van der Waals surface area contributed by atoms with Gasteiger partial charge in [-0.05, 0) is 90.5 Å². The average Bonchev–Trinajstić information content (AvgIpc) is 3.54. The minimum Gasteiger partial charge on any atom is -0.449 e. The Morgan fingerprint density at radius 1 is 0.356 bits per heavy atom. The zero-order valence-corrected chi connectivity index (χ0v) is 32.4. The van der Waals surface area contributed by atoms with Crippen molar-refractivity contribution in [2.75, 3.05) is 0 Å². The maximum Gasteiger partial charge on any atom is 0.178 e. The fourth-order valence-corrected chi connectivity index (χ4v) is 9.24. The van der Waals surface area contributed by atoms with Crippen molar-refractivity contribution < 1.29 is 9.47 Å². The number of hydrogen-bond acceptors (Lipinski definition) is 5. The van der Waals surface area contributed by atoms with Crippen LogP contribution >= 0.6 is 0 Å². The van der Waals surface area contributed by atoms with Gasteiger partial charge in [-0.25, -0.2) is 15.0 Å². The molecule has 2 aliphatic rings. The molecule has 9 aromatic carbocycles. The van der Waals surface area contributed by atoms with Crippen LogP contribution in [-0.4, -0.2) is 15.0 Å². The lowest BCUT2D eigenvalue weighted by Gasteiger charge is -2.25. The van der Waals surface area contributed by atoms with Crippen LogP contribution in [0.4, 0.5) is 0 Å². The topological polar surface area (TPSA) is 57.1 Å². The van der Waals surface area contributed by atoms with Crippen LogP contribution in [0.2, 0.25) is 0 Å². The molecule has 1 aliphatic heterocycles. The van der Waals surface area contributed by atoms with Crippen molar-refractivity contribution in [2.24, 2.45) is 0 Å². The van der Waals surface area contributed by atoms with Gasteiger partial charge in [-0.3, -0.25) is 0 Å². The summed E-state index contributed by atoms with van der Waals surface area (Å²) in [6.07, 6.45) is 0. The largest absolute Gasteiger partial charge is 0.449 e. The third-order valence-electron chi connectivity index (χ3n) is 12.2. The number of rotatable bonds is 4. The van der Waals surface area contributed by atoms with Crippen LogP contribution in [0.3, 0.4) is 0 Å². The van der Waals surface area contributed by atoms with E-state index in [0.717, 1.165) is 44.9 Å². The number of ether oxygens (including phenoxy) is 2. The van der Waals surface area contributed by atoms with Gasteiger partial charge in [0.2, 0.25) is 0 Å². The van der Waals surface area contributed by atoms with E-state index in [1.54, 1.807) is 0 Å². The van der Waals surface area contributed by atoms with Gasteiger partial charge in [0.1, 0.15) is 0 Å². The third-order valence-corrected chi connectivity index (χ3v) is 12.2. The van der Waals surface area contributed by atoms with E-state index in [4.69, 9.17) is 24.4 Å². The summed E-state index contributed by atoms with van der Waals surface area (Å²) in [6, 6.07) is 61.3. The maximum atomic E-state index is 6.68. The van der Waals surface area contributed by atoms with Crippen molar-refractivity contribution in [2.45, 2.75) is 19.3 Å². The first-order valence-corrected chi connectivity index (χ1v) is 20.0. The van der Waals surface area contributed by atoms with Gasteiger partial charge in [-0.1, -0.05) is 159 Å². The molecule has 59 heavy (non-hydrogen) atoms. The summed E-state index contributed by atoms with van der Waals surface area (Å²) in [5.41, 5.74) is 9.49. The molecule has 0 fully saturated rings. The van der Waals surface area contributed by atoms with Crippen LogP contribution < -0.4 is 9.47 Å². The summed E-state index contributed by atoms with van der Waals surface area (Å²) in [5, 5.41) is 7.28. The molecule has 278 valence electrons. The average molecular weight is 758 g/mol. The second-order valence-electron chi connectivity index (χ2n) is 16.0. The third kappa shape index (κ3) is 5.21. The minimum atomic E-state index is -0.125. The molecule has 5 nitrogen and oxygen atoms in total. The van der Waals surface area contributed by atoms with Crippen LogP contribution in [0.1, 0.15) is 25.0 Å². The highest BCUT2D eigenvalue weighted by atomic mass is 16.6. The Kier molecular flexibility index (Phi) is 7.20. The smallest absolute Gasteiger partial charge is 0.178 e. The van der Waals surface area contributed by atoms with E-state index in [-0.39, 0.29) is 5.41 Å². The molecule has 0 saturated heterocycles. The predicted octanol–water partition coefficient (Wildman–Crippen LogP) is 14.2. The number of benzene rings is 9. The van der Waals surface area contributed by atoms with Crippen LogP contribution in [0.25, 0.3) is 88.7 Å². The summed E-state index contributed by atoms with van der Waals surface area (Å²) in [5.74, 6) is 4.70. The highest BCUT2D eigenvalue weighted by Crippen LogP contribution is 2.58. The fourth-order valence-electron chi connectivity index (χ4n) is 9.24. The first-order valence-electron chi connectivity index (χ1n) is 20.0. The van der Waals surface area contributed by atoms with Gasteiger partial charge >= 0.3 is 0 Å². The summed E-state index contributed by atoms with van der Waals surface area (Å²) in [4.78, 5) is 15.3. The first-order chi connectivity index (χ1) is 29.0. The van der Waals surface area contributed by atoms with Crippen LogP contribution in [-0.2, 0) is 5.41 Å². The summed E-state index contributed by atoms with van der Waals surface area (Å²) in [7, 11) is 0. The van der Waals surface area contributed by atoms with Crippen LogP contribution in [0.5, 0.6) is 23.0 Å². The Morgan fingerprint density at radius 3 is 1.64 bits per heavy atom. The molecule has 0 bridgehead atoms. The normalized spacial score (nSPS) is 13.3. The molecule has 2 heterocycles. The van der Waals surface area contributed by atoms with Crippen molar-refractivity contribution in [3.05, 3.63) is 187 Å². The van der Waals surface area contributed by atoms with E-state index in [1.165, 1.54) is 49.0 Å². The van der Waals surface area contributed by atoms with E-state index in [9.17, 15) is 0 Å². The molecule has 12 rings (SSSR count).